The lowest BCUT2D eigenvalue weighted by atomic mass is 9.94. The maximum atomic E-state index is 12.0. The Balaban J connectivity index is 2.69. The van der Waals surface area contributed by atoms with Crippen LogP contribution < -0.4 is 4.72 Å². The van der Waals surface area contributed by atoms with Crippen LogP contribution in [0.5, 0.6) is 0 Å². The molecule has 0 aliphatic heterocycles. The fourth-order valence-electron chi connectivity index (χ4n) is 2.06. The summed E-state index contributed by atoms with van der Waals surface area (Å²) in [5, 5.41) is 8.87. The molecule has 0 saturated heterocycles. The normalized spacial score (nSPS) is 13.3. The molecule has 0 aliphatic rings. The molecule has 0 spiro atoms. The van der Waals surface area contributed by atoms with Crippen LogP contribution in [0.2, 0.25) is 0 Å². The van der Waals surface area contributed by atoms with E-state index in [2.05, 4.69) is 4.72 Å². The second kappa shape index (κ2) is 7.40. The molecule has 0 aliphatic carbocycles. The highest BCUT2D eigenvalue weighted by Crippen LogP contribution is 2.16. The van der Waals surface area contributed by atoms with Gasteiger partial charge in [0.05, 0.1) is 4.90 Å². The Labute approximate surface area is 120 Å². The van der Waals surface area contributed by atoms with E-state index in [9.17, 15) is 13.2 Å². The summed E-state index contributed by atoms with van der Waals surface area (Å²) in [6, 6.07) is 8.06. The Morgan fingerprint density at radius 2 is 1.85 bits per heavy atom. The van der Waals surface area contributed by atoms with E-state index in [0.717, 1.165) is 0 Å². The van der Waals surface area contributed by atoms with Crippen LogP contribution in [0.15, 0.2) is 35.2 Å². The Kier molecular flexibility index (Phi) is 6.16. The highest BCUT2D eigenvalue weighted by molar-refractivity contribution is 7.89. The van der Waals surface area contributed by atoms with E-state index in [-0.39, 0.29) is 23.8 Å². The van der Waals surface area contributed by atoms with Gasteiger partial charge >= 0.3 is 5.97 Å². The largest absolute Gasteiger partial charge is 0.481 e. The summed E-state index contributed by atoms with van der Waals surface area (Å²) in [4.78, 5) is 11.0. The van der Waals surface area contributed by atoms with Gasteiger partial charge in [0.15, 0.2) is 0 Å². The lowest BCUT2D eigenvalue weighted by molar-refractivity contribution is -0.138. The molecular formula is C14H21NO4S. The molecule has 0 unspecified atom stereocenters. The molecule has 1 atom stereocenters. The molecule has 1 rings (SSSR count). The van der Waals surface area contributed by atoms with Crippen LogP contribution in [0.1, 0.15) is 26.7 Å². The zero-order chi connectivity index (χ0) is 15.2. The molecular weight excluding hydrogens is 278 g/mol. The van der Waals surface area contributed by atoms with Gasteiger partial charge in [-0.05, 0) is 30.4 Å². The number of rotatable bonds is 8. The smallest absolute Gasteiger partial charge is 0.303 e. The first-order valence-electron chi connectivity index (χ1n) is 6.57. The zero-order valence-electron chi connectivity index (χ0n) is 11.7. The van der Waals surface area contributed by atoms with Crippen LogP contribution in [-0.2, 0) is 14.8 Å². The molecule has 0 fully saturated rings. The van der Waals surface area contributed by atoms with Gasteiger partial charge in [-0.15, -0.1) is 0 Å². The topological polar surface area (TPSA) is 83.5 Å². The summed E-state index contributed by atoms with van der Waals surface area (Å²) in [5.74, 6) is -0.791. The Bertz CT molecular complexity index is 525. The van der Waals surface area contributed by atoms with Gasteiger partial charge in [-0.2, -0.15) is 0 Å². The maximum absolute atomic E-state index is 12.0. The van der Waals surface area contributed by atoms with Gasteiger partial charge in [0.25, 0.3) is 0 Å². The second-order valence-electron chi connectivity index (χ2n) is 5.26. The summed E-state index contributed by atoms with van der Waals surface area (Å²) in [6.07, 6.45) is 0.638. The number of carboxylic acids is 1. The highest BCUT2D eigenvalue weighted by Gasteiger charge is 2.19. The van der Waals surface area contributed by atoms with E-state index in [1.807, 2.05) is 13.8 Å². The minimum absolute atomic E-state index is 0.0323. The number of benzene rings is 1. The summed E-state index contributed by atoms with van der Waals surface area (Å²) < 4.78 is 26.6. The third kappa shape index (κ3) is 5.71. The first kappa shape index (κ1) is 16.7. The first-order valence-corrected chi connectivity index (χ1v) is 8.06. The second-order valence-corrected chi connectivity index (χ2v) is 7.03. The number of hydrogen-bond acceptors (Lipinski definition) is 3. The molecule has 2 N–H and O–H groups in total. The van der Waals surface area contributed by atoms with Crippen molar-refractivity contribution < 1.29 is 18.3 Å². The first-order chi connectivity index (χ1) is 9.31. The van der Waals surface area contributed by atoms with E-state index in [1.165, 1.54) is 12.1 Å². The fraction of sp³-hybridized carbons (Fsp3) is 0.500. The number of aliphatic carboxylic acids is 1. The summed E-state index contributed by atoms with van der Waals surface area (Å²) in [7, 11) is -3.57. The molecule has 112 valence electrons. The lowest BCUT2D eigenvalue weighted by Crippen LogP contribution is -2.31. The predicted octanol–water partition coefficient (Wildman–Crippen LogP) is 2.10. The van der Waals surface area contributed by atoms with Gasteiger partial charge < -0.3 is 5.11 Å². The highest BCUT2D eigenvalue weighted by atomic mass is 32.2. The summed E-state index contributed by atoms with van der Waals surface area (Å²) in [5.41, 5.74) is 0. The average Bonchev–Trinajstić information content (AvgIpc) is 2.36. The number of hydrogen-bond donors (Lipinski definition) is 2. The fourth-order valence-corrected chi connectivity index (χ4v) is 3.20. The minimum Gasteiger partial charge on any atom is -0.481 e. The van der Waals surface area contributed by atoms with Crippen molar-refractivity contribution in [2.24, 2.45) is 11.8 Å². The van der Waals surface area contributed by atoms with E-state index in [0.29, 0.717) is 12.3 Å². The van der Waals surface area contributed by atoms with Gasteiger partial charge in [0.2, 0.25) is 10.0 Å². The van der Waals surface area contributed by atoms with Crippen molar-refractivity contribution in [2.75, 3.05) is 6.54 Å². The van der Waals surface area contributed by atoms with Crippen molar-refractivity contribution in [3.05, 3.63) is 30.3 Å². The van der Waals surface area contributed by atoms with Crippen LogP contribution in [0.3, 0.4) is 0 Å². The molecule has 20 heavy (non-hydrogen) atoms. The monoisotopic (exact) mass is 299 g/mol. The predicted molar refractivity (Wildman–Crippen MR) is 76.8 cm³/mol. The standard InChI is InChI=1S/C14H21NO4S/c1-11(2)8-12(9-14(16)17)10-15-20(18,19)13-6-4-3-5-7-13/h3-7,11-12,15H,8-10H2,1-2H3,(H,16,17)/t12-/m0/s1. The maximum Gasteiger partial charge on any atom is 0.303 e. The molecule has 1 aromatic carbocycles. The van der Waals surface area contributed by atoms with Gasteiger partial charge in [-0.3, -0.25) is 4.79 Å². The van der Waals surface area contributed by atoms with Crippen LogP contribution in [0, 0.1) is 11.8 Å². The van der Waals surface area contributed by atoms with Crippen molar-refractivity contribution in [1.82, 2.24) is 4.72 Å². The third-order valence-electron chi connectivity index (χ3n) is 2.88. The quantitative estimate of drug-likeness (QED) is 0.770. The van der Waals surface area contributed by atoms with Crippen LogP contribution in [0.25, 0.3) is 0 Å². The Morgan fingerprint density at radius 1 is 1.25 bits per heavy atom. The van der Waals surface area contributed by atoms with Crippen LogP contribution in [0.4, 0.5) is 0 Å². The molecule has 0 saturated carbocycles. The summed E-state index contributed by atoms with van der Waals surface area (Å²) >= 11 is 0. The molecule has 1 aromatic rings. The molecule has 5 nitrogen and oxygen atoms in total. The third-order valence-corrected chi connectivity index (χ3v) is 4.32. The minimum atomic E-state index is -3.57. The lowest BCUT2D eigenvalue weighted by Gasteiger charge is -2.17. The van der Waals surface area contributed by atoms with Crippen molar-refractivity contribution in [3.8, 4) is 0 Å². The Morgan fingerprint density at radius 3 is 2.35 bits per heavy atom. The van der Waals surface area contributed by atoms with E-state index in [1.54, 1.807) is 18.2 Å². The van der Waals surface area contributed by atoms with Gasteiger partial charge in [0, 0.05) is 13.0 Å². The van der Waals surface area contributed by atoms with Crippen LogP contribution in [-0.4, -0.2) is 26.0 Å². The Hall–Kier alpha value is -1.40. The SMILES string of the molecule is CC(C)C[C@H](CNS(=O)(=O)c1ccccc1)CC(=O)O. The number of carboxylic acid groups (broad SMARTS) is 1. The molecule has 0 amide bonds. The molecule has 0 bridgehead atoms. The number of carbonyl (C=O) groups is 1. The van der Waals surface area contributed by atoms with E-state index >= 15 is 0 Å². The van der Waals surface area contributed by atoms with Crippen molar-refractivity contribution in [2.45, 2.75) is 31.6 Å². The zero-order valence-corrected chi connectivity index (χ0v) is 12.6. The summed E-state index contributed by atoms with van der Waals surface area (Å²) in [6.45, 7) is 4.11. The van der Waals surface area contributed by atoms with E-state index in [4.69, 9.17) is 5.11 Å². The van der Waals surface area contributed by atoms with Crippen molar-refractivity contribution in [1.29, 1.82) is 0 Å². The van der Waals surface area contributed by atoms with E-state index < -0.39 is 16.0 Å². The molecule has 0 aromatic heterocycles. The number of sulfonamides is 1. The van der Waals surface area contributed by atoms with Crippen LogP contribution >= 0.6 is 0 Å². The molecule has 6 heteroatoms. The van der Waals surface area contributed by atoms with Gasteiger partial charge in [-0.25, -0.2) is 13.1 Å². The average molecular weight is 299 g/mol. The number of nitrogens with one attached hydrogen (secondary N) is 1. The van der Waals surface area contributed by atoms with Gasteiger partial charge in [0.1, 0.15) is 0 Å². The van der Waals surface area contributed by atoms with Crippen molar-refractivity contribution in [3.63, 3.8) is 0 Å². The molecule has 0 radical (unpaired) electrons. The molecule has 0 heterocycles. The van der Waals surface area contributed by atoms with Crippen molar-refractivity contribution >= 4 is 16.0 Å². The van der Waals surface area contributed by atoms with Gasteiger partial charge in [-0.1, -0.05) is 32.0 Å².